The van der Waals surface area contributed by atoms with Gasteiger partial charge in [-0.2, -0.15) is 0 Å². The molecule has 0 spiro atoms. The predicted molar refractivity (Wildman–Crippen MR) is 34.1 cm³/mol. The van der Waals surface area contributed by atoms with Crippen LogP contribution in [0, 0.1) is 5.92 Å². The van der Waals surface area contributed by atoms with E-state index >= 15 is 0 Å². The van der Waals surface area contributed by atoms with Crippen molar-refractivity contribution >= 4 is 5.97 Å². The molecule has 0 aliphatic rings. The van der Waals surface area contributed by atoms with E-state index in [-0.39, 0.29) is 11.4 Å². The molecule has 0 bridgehead atoms. The Morgan fingerprint density at radius 3 is 1.89 bits per heavy atom. The van der Waals surface area contributed by atoms with Gasteiger partial charge in [0.05, 0.1) is 0 Å². The average molecular weight is 135 g/mol. The van der Waals surface area contributed by atoms with Gasteiger partial charge in [0, 0.05) is 0 Å². The maximum atomic E-state index is 10.0. The zero-order valence-corrected chi connectivity index (χ0v) is 5.59. The van der Waals surface area contributed by atoms with Crippen LogP contribution < -0.4 is 5.73 Å². The van der Waals surface area contributed by atoms with Crippen LogP contribution in [0.1, 0.15) is 13.8 Å². The minimum atomic E-state index is -0.931. The van der Waals surface area contributed by atoms with Gasteiger partial charge in [0.1, 0.15) is 6.04 Å². The second-order valence-electron chi connectivity index (χ2n) is 2.11. The zero-order chi connectivity index (χ0) is 6.73. The fourth-order valence-electron chi connectivity index (χ4n) is 0.285. The van der Waals surface area contributed by atoms with Gasteiger partial charge in [-0.15, -0.1) is 0 Å². The summed E-state index contributed by atoms with van der Waals surface area (Å²) >= 11 is 0. The molecule has 5 N–H and O–H groups in total. The summed E-state index contributed by atoms with van der Waals surface area (Å²) < 4.78 is 0. The third-order valence-corrected chi connectivity index (χ3v) is 1.00. The van der Waals surface area contributed by atoms with Gasteiger partial charge in [0.2, 0.25) is 0 Å². The van der Waals surface area contributed by atoms with Gasteiger partial charge in [-0.3, -0.25) is 4.79 Å². The SMILES string of the molecule is CC(C)[C@H](N)C(=O)O.O. The highest BCUT2D eigenvalue weighted by molar-refractivity contribution is 5.73. The van der Waals surface area contributed by atoms with Gasteiger partial charge in [0.15, 0.2) is 0 Å². The molecule has 0 aromatic heterocycles. The third kappa shape index (κ3) is 3.93. The molecular formula is C5H13NO3. The molecule has 56 valence electrons. The fourth-order valence-corrected chi connectivity index (χ4v) is 0.285. The number of aliphatic carboxylic acids is 1. The van der Waals surface area contributed by atoms with Crippen LogP contribution in [0.15, 0.2) is 0 Å². The second-order valence-corrected chi connectivity index (χ2v) is 2.11. The van der Waals surface area contributed by atoms with Gasteiger partial charge in [0.25, 0.3) is 0 Å². The lowest BCUT2D eigenvalue weighted by Gasteiger charge is -2.07. The van der Waals surface area contributed by atoms with E-state index in [0.29, 0.717) is 0 Å². The molecule has 1 atom stereocenters. The van der Waals surface area contributed by atoms with Crippen LogP contribution in [-0.4, -0.2) is 22.6 Å². The molecule has 0 aliphatic heterocycles. The Bertz CT molecular complexity index is 92.2. The summed E-state index contributed by atoms with van der Waals surface area (Å²) in [5.74, 6) is -0.910. The highest BCUT2D eigenvalue weighted by Crippen LogP contribution is 1.96. The summed E-state index contributed by atoms with van der Waals surface area (Å²) in [5, 5.41) is 8.23. The minimum absolute atomic E-state index is 0. The number of carboxylic acids is 1. The van der Waals surface area contributed by atoms with Crippen molar-refractivity contribution < 1.29 is 15.4 Å². The molecule has 0 unspecified atom stereocenters. The van der Waals surface area contributed by atoms with Crippen molar-refractivity contribution in [1.82, 2.24) is 0 Å². The van der Waals surface area contributed by atoms with E-state index in [1.54, 1.807) is 13.8 Å². The molecule has 0 radical (unpaired) electrons. The number of hydrogen-bond donors (Lipinski definition) is 2. The van der Waals surface area contributed by atoms with Gasteiger partial charge in [-0.05, 0) is 5.92 Å². The lowest BCUT2D eigenvalue weighted by Crippen LogP contribution is -2.34. The molecule has 4 nitrogen and oxygen atoms in total. The molecule has 0 aromatic carbocycles. The van der Waals surface area contributed by atoms with Gasteiger partial charge >= 0.3 is 5.97 Å². The molecule has 0 heterocycles. The van der Waals surface area contributed by atoms with Crippen LogP contribution in [0.25, 0.3) is 0 Å². The van der Waals surface area contributed by atoms with Crippen molar-refractivity contribution in [3.8, 4) is 0 Å². The van der Waals surface area contributed by atoms with Crippen LogP contribution in [0.5, 0.6) is 0 Å². The van der Waals surface area contributed by atoms with E-state index in [4.69, 9.17) is 10.8 Å². The standard InChI is InChI=1S/C5H11NO2.H2O/c1-3(2)4(6)5(7)8;/h3-4H,6H2,1-2H3,(H,7,8);1H2/t4-;/m0./s1. The maximum absolute atomic E-state index is 10.0. The van der Waals surface area contributed by atoms with E-state index in [9.17, 15) is 4.79 Å². The molecule has 9 heavy (non-hydrogen) atoms. The largest absolute Gasteiger partial charge is 0.480 e. The predicted octanol–water partition coefficient (Wildman–Crippen LogP) is -0.770. The topological polar surface area (TPSA) is 94.8 Å². The van der Waals surface area contributed by atoms with E-state index in [2.05, 4.69) is 0 Å². The van der Waals surface area contributed by atoms with Crippen molar-refractivity contribution in [2.75, 3.05) is 0 Å². The number of hydrogen-bond acceptors (Lipinski definition) is 2. The Morgan fingerprint density at radius 1 is 1.56 bits per heavy atom. The molecule has 0 amide bonds. The fraction of sp³-hybridized carbons (Fsp3) is 0.800. The molecule has 4 heteroatoms. The Hall–Kier alpha value is -0.610. The lowest BCUT2D eigenvalue weighted by atomic mass is 10.1. The summed E-state index contributed by atoms with van der Waals surface area (Å²) in [4.78, 5) is 10.0. The molecule has 0 aromatic rings. The van der Waals surface area contributed by atoms with Crippen molar-refractivity contribution in [1.29, 1.82) is 0 Å². The first-order chi connectivity index (χ1) is 3.55. The first-order valence-corrected chi connectivity index (χ1v) is 2.54. The zero-order valence-electron chi connectivity index (χ0n) is 5.59. The molecule has 0 rings (SSSR count). The first-order valence-electron chi connectivity index (χ1n) is 2.54. The van der Waals surface area contributed by atoms with Crippen molar-refractivity contribution in [2.24, 2.45) is 11.7 Å². The van der Waals surface area contributed by atoms with Crippen molar-refractivity contribution in [2.45, 2.75) is 19.9 Å². The average Bonchev–Trinajstić information content (AvgIpc) is 1.64. The molecule has 0 fully saturated rings. The van der Waals surface area contributed by atoms with Crippen LogP contribution >= 0.6 is 0 Å². The van der Waals surface area contributed by atoms with Gasteiger partial charge in [-0.1, -0.05) is 13.8 Å². The molecule has 0 saturated carbocycles. The Balaban J connectivity index is 0. The molecular weight excluding hydrogens is 122 g/mol. The highest BCUT2D eigenvalue weighted by Gasteiger charge is 2.14. The van der Waals surface area contributed by atoms with E-state index in [0.717, 1.165) is 0 Å². The van der Waals surface area contributed by atoms with Crippen molar-refractivity contribution in [3.63, 3.8) is 0 Å². The van der Waals surface area contributed by atoms with E-state index in [1.165, 1.54) is 0 Å². The molecule has 0 saturated heterocycles. The summed E-state index contributed by atoms with van der Waals surface area (Å²) in [6, 6.07) is -0.713. The Labute approximate surface area is 54.0 Å². The van der Waals surface area contributed by atoms with Gasteiger partial charge in [-0.25, -0.2) is 0 Å². The lowest BCUT2D eigenvalue weighted by molar-refractivity contribution is -0.139. The van der Waals surface area contributed by atoms with Crippen molar-refractivity contribution in [3.05, 3.63) is 0 Å². The van der Waals surface area contributed by atoms with Crippen LogP contribution in [-0.2, 0) is 4.79 Å². The van der Waals surface area contributed by atoms with Gasteiger partial charge < -0.3 is 16.3 Å². The monoisotopic (exact) mass is 135 g/mol. The Kier molecular flexibility index (Phi) is 5.34. The molecule has 0 aliphatic carbocycles. The number of nitrogens with two attached hydrogens (primary N) is 1. The van der Waals surface area contributed by atoms with E-state index in [1.807, 2.05) is 0 Å². The summed E-state index contributed by atoms with van der Waals surface area (Å²) in [7, 11) is 0. The first kappa shape index (κ1) is 11.2. The minimum Gasteiger partial charge on any atom is -0.480 e. The van der Waals surface area contributed by atoms with E-state index < -0.39 is 12.0 Å². The quantitative estimate of drug-likeness (QED) is 0.520. The number of carbonyl (C=O) groups is 1. The summed E-state index contributed by atoms with van der Waals surface area (Å²) in [6.07, 6.45) is 0. The second kappa shape index (κ2) is 4.29. The van der Waals surface area contributed by atoms with Crippen LogP contribution in [0.4, 0.5) is 0 Å². The van der Waals surface area contributed by atoms with Crippen LogP contribution in [0.2, 0.25) is 0 Å². The smallest absolute Gasteiger partial charge is 0.320 e. The third-order valence-electron chi connectivity index (χ3n) is 1.00. The summed E-state index contributed by atoms with van der Waals surface area (Å²) in [5.41, 5.74) is 5.16. The maximum Gasteiger partial charge on any atom is 0.320 e. The summed E-state index contributed by atoms with van der Waals surface area (Å²) in [6.45, 7) is 3.55. The normalized spacial score (nSPS) is 12.4. The highest BCUT2D eigenvalue weighted by atomic mass is 16.4. The number of rotatable bonds is 2. The number of carboxylic acid groups (broad SMARTS) is 1. The van der Waals surface area contributed by atoms with Crippen LogP contribution in [0.3, 0.4) is 0 Å². The Morgan fingerprint density at radius 2 is 1.89 bits per heavy atom.